The highest BCUT2D eigenvalue weighted by molar-refractivity contribution is 7.98. The van der Waals surface area contributed by atoms with E-state index in [1.807, 2.05) is 11.8 Å². The Balaban J connectivity index is 1.59. The molecule has 1 aromatic carbocycles. The quantitative estimate of drug-likeness (QED) is 0.817. The molecule has 1 heterocycles. The fraction of sp³-hybridized carbons (Fsp3) is 0.600. The summed E-state index contributed by atoms with van der Waals surface area (Å²) < 4.78 is 0. The smallest absolute Gasteiger partial charge is 0.0480 e. The van der Waals surface area contributed by atoms with E-state index in [0.29, 0.717) is 11.5 Å². The molecule has 3 heteroatoms. The van der Waals surface area contributed by atoms with Gasteiger partial charge in [0, 0.05) is 16.6 Å². The summed E-state index contributed by atoms with van der Waals surface area (Å²) in [5, 5.41) is 7.20. The van der Waals surface area contributed by atoms with Crippen molar-refractivity contribution in [2.24, 2.45) is 5.41 Å². The summed E-state index contributed by atoms with van der Waals surface area (Å²) in [6.45, 7) is 2.43. The average molecular weight is 262 g/mol. The van der Waals surface area contributed by atoms with E-state index in [9.17, 15) is 0 Å². The SMILES string of the molecule is CSc1ccccc1NC1CC2(CCNCC2)C1. The topological polar surface area (TPSA) is 24.1 Å². The lowest BCUT2D eigenvalue weighted by atomic mass is 9.60. The molecule has 1 saturated carbocycles. The summed E-state index contributed by atoms with van der Waals surface area (Å²) in [6, 6.07) is 9.34. The van der Waals surface area contributed by atoms with Crippen molar-refractivity contribution >= 4 is 17.4 Å². The van der Waals surface area contributed by atoms with Crippen LogP contribution in [0.15, 0.2) is 29.2 Å². The van der Waals surface area contributed by atoms with Gasteiger partial charge in [0.1, 0.15) is 0 Å². The molecule has 3 rings (SSSR count). The zero-order chi connectivity index (χ0) is 12.4. The normalized spacial score (nSPS) is 22.7. The van der Waals surface area contributed by atoms with Gasteiger partial charge in [-0.1, -0.05) is 12.1 Å². The number of hydrogen-bond donors (Lipinski definition) is 2. The molecule has 1 saturated heterocycles. The molecule has 0 radical (unpaired) electrons. The zero-order valence-electron chi connectivity index (χ0n) is 11.0. The summed E-state index contributed by atoms with van der Waals surface area (Å²) >= 11 is 1.83. The number of benzene rings is 1. The molecular weight excluding hydrogens is 240 g/mol. The molecule has 2 N–H and O–H groups in total. The molecule has 1 spiro atoms. The molecule has 0 amide bonds. The van der Waals surface area contributed by atoms with Crippen LogP contribution in [0.25, 0.3) is 0 Å². The number of nitrogens with one attached hydrogen (secondary N) is 2. The van der Waals surface area contributed by atoms with Gasteiger partial charge >= 0.3 is 0 Å². The van der Waals surface area contributed by atoms with Crippen LogP contribution < -0.4 is 10.6 Å². The second-order valence-corrected chi connectivity index (χ2v) is 6.55. The number of para-hydroxylation sites is 1. The van der Waals surface area contributed by atoms with Crippen LogP contribution in [0.1, 0.15) is 25.7 Å². The van der Waals surface area contributed by atoms with Crippen molar-refractivity contribution in [3.63, 3.8) is 0 Å². The van der Waals surface area contributed by atoms with Crippen molar-refractivity contribution in [3.05, 3.63) is 24.3 Å². The maximum absolute atomic E-state index is 3.73. The predicted octanol–water partition coefficient (Wildman–Crippen LogP) is 3.35. The average Bonchev–Trinajstić information content (AvgIpc) is 2.39. The molecule has 2 fully saturated rings. The summed E-state index contributed by atoms with van der Waals surface area (Å²) in [5.74, 6) is 0. The lowest BCUT2D eigenvalue weighted by Gasteiger charge is -2.51. The monoisotopic (exact) mass is 262 g/mol. The molecule has 2 aliphatic rings. The Morgan fingerprint density at radius 2 is 1.94 bits per heavy atom. The van der Waals surface area contributed by atoms with Crippen molar-refractivity contribution in [2.75, 3.05) is 24.7 Å². The first-order chi connectivity index (χ1) is 8.81. The Morgan fingerprint density at radius 3 is 2.67 bits per heavy atom. The van der Waals surface area contributed by atoms with E-state index in [-0.39, 0.29) is 0 Å². The fourth-order valence-corrected chi connectivity index (χ4v) is 4.00. The van der Waals surface area contributed by atoms with Crippen molar-refractivity contribution in [3.8, 4) is 0 Å². The number of piperidine rings is 1. The number of thioether (sulfide) groups is 1. The van der Waals surface area contributed by atoms with Gasteiger partial charge in [0.25, 0.3) is 0 Å². The lowest BCUT2D eigenvalue weighted by Crippen LogP contribution is -2.50. The van der Waals surface area contributed by atoms with Gasteiger partial charge in [-0.25, -0.2) is 0 Å². The Labute approximate surface area is 114 Å². The molecule has 0 aromatic heterocycles. The van der Waals surface area contributed by atoms with E-state index in [4.69, 9.17) is 0 Å². The highest BCUT2D eigenvalue weighted by Crippen LogP contribution is 2.49. The maximum atomic E-state index is 3.73. The largest absolute Gasteiger partial charge is 0.381 e. The molecule has 0 unspecified atom stereocenters. The van der Waals surface area contributed by atoms with Crippen LogP contribution in [0, 0.1) is 5.41 Å². The highest BCUT2D eigenvalue weighted by atomic mass is 32.2. The van der Waals surface area contributed by atoms with Gasteiger partial charge in [-0.15, -0.1) is 11.8 Å². The van der Waals surface area contributed by atoms with E-state index < -0.39 is 0 Å². The maximum Gasteiger partial charge on any atom is 0.0480 e. The van der Waals surface area contributed by atoms with Crippen LogP contribution in [0.5, 0.6) is 0 Å². The predicted molar refractivity (Wildman–Crippen MR) is 79.4 cm³/mol. The minimum Gasteiger partial charge on any atom is -0.381 e. The standard InChI is InChI=1S/C15H22N2S/c1-18-14-5-3-2-4-13(14)17-12-10-15(11-12)6-8-16-9-7-15/h2-5,12,16-17H,6-11H2,1H3. The third-order valence-electron chi connectivity index (χ3n) is 4.49. The van der Waals surface area contributed by atoms with E-state index in [1.54, 1.807) is 0 Å². The van der Waals surface area contributed by atoms with Crippen molar-refractivity contribution < 1.29 is 0 Å². The summed E-state index contributed by atoms with van der Waals surface area (Å²) in [7, 11) is 0. The summed E-state index contributed by atoms with van der Waals surface area (Å²) in [6.07, 6.45) is 7.61. The molecule has 1 aromatic rings. The zero-order valence-corrected chi connectivity index (χ0v) is 11.9. The molecule has 1 aliphatic carbocycles. The molecule has 18 heavy (non-hydrogen) atoms. The second kappa shape index (κ2) is 5.14. The first kappa shape index (κ1) is 12.4. The van der Waals surface area contributed by atoms with Crippen LogP contribution in [0.4, 0.5) is 5.69 Å². The first-order valence-corrected chi connectivity index (χ1v) is 8.14. The second-order valence-electron chi connectivity index (χ2n) is 5.70. The minimum absolute atomic E-state index is 0.664. The Kier molecular flexibility index (Phi) is 3.53. The van der Waals surface area contributed by atoms with Gasteiger partial charge < -0.3 is 10.6 Å². The van der Waals surface area contributed by atoms with E-state index in [2.05, 4.69) is 41.2 Å². The van der Waals surface area contributed by atoms with Gasteiger partial charge in [0.2, 0.25) is 0 Å². The molecule has 2 nitrogen and oxygen atoms in total. The number of hydrogen-bond acceptors (Lipinski definition) is 3. The van der Waals surface area contributed by atoms with Crippen LogP contribution in [0.2, 0.25) is 0 Å². The van der Waals surface area contributed by atoms with Gasteiger partial charge in [-0.3, -0.25) is 0 Å². The van der Waals surface area contributed by atoms with Crippen molar-refractivity contribution in [1.82, 2.24) is 5.32 Å². The van der Waals surface area contributed by atoms with Crippen LogP contribution in [-0.4, -0.2) is 25.4 Å². The Morgan fingerprint density at radius 1 is 1.22 bits per heavy atom. The van der Waals surface area contributed by atoms with Gasteiger partial charge in [0.05, 0.1) is 0 Å². The molecular formula is C15H22N2S. The van der Waals surface area contributed by atoms with Crippen molar-refractivity contribution in [1.29, 1.82) is 0 Å². The van der Waals surface area contributed by atoms with Gasteiger partial charge in [-0.2, -0.15) is 0 Å². The molecule has 0 bridgehead atoms. The molecule has 1 aliphatic heterocycles. The van der Waals surface area contributed by atoms with Crippen LogP contribution >= 0.6 is 11.8 Å². The van der Waals surface area contributed by atoms with Crippen molar-refractivity contribution in [2.45, 2.75) is 36.6 Å². The Bertz CT molecular complexity index is 405. The lowest BCUT2D eigenvalue weighted by molar-refractivity contribution is 0.0718. The van der Waals surface area contributed by atoms with E-state index in [0.717, 1.165) is 0 Å². The highest BCUT2D eigenvalue weighted by Gasteiger charge is 2.44. The van der Waals surface area contributed by atoms with E-state index in [1.165, 1.54) is 49.4 Å². The van der Waals surface area contributed by atoms with Crippen LogP contribution in [-0.2, 0) is 0 Å². The fourth-order valence-electron chi connectivity index (χ4n) is 3.44. The third-order valence-corrected chi connectivity index (χ3v) is 5.29. The third kappa shape index (κ3) is 2.39. The minimum atomic E-state index is 0.664. The van der Waals surface area contributed by atoms with E-state index >= 15 is 0 Å². The van der Waals surface area contributed by atoms with Gasteiger partial charge in [-0.05, 0) is 62.6 Å². The first-order valence-electron chi connectivity index (χ1n) is 6.92. The number of anilines is 1. The molecule has 98 valence electrons. The summed E-state index contributed by atoms with van der Waals surface area (Å²) in [4.78, 5) is 1.36. The van der Waals surface area contributed by atoms with Gasteiger partial charge in [0.15, 0.2) is 0 Å². The van der Waals surface area contributed by atoms with Crippen LogP contribution in [0.3, 0.4) is 0 Å². The Hall–Kier alpha value is -0.670. The number of rotatable bonds is 3. The summed E-state index contributed by atoms with van der Waals surface area (Å²) in [5.41, 5.74) is 1.98. The molecule has 0 atom stereocenters.